The molecule has 0 atom stereocenters. The zero-order valence-electron chi connectivity index (χ0n) is 14.8. The highest BCUT2D eigenvalue weighted by Crippen LogP contribution is 2.37. The van der Waals surface area contributed by atoms with E-state index >= 15 is 0 Å². The summed E-state index contributed by atoms with van der Waals surface area (Å²) < 4.78 is 14.5. The Labute approximate surface area is 164 Å². The Balaban J connectivity index is 2.19. The van der Waals surface area contributed by atoms with Gasteiger partial charge in [-0.25, -0.2) is 4.39 Å². The zero-order chi connectivity index (χ0) is 20.9. The summed E-state index contributed by atoms with van der Waals surface area (Å²) in [5.41, 5.74) is 4.79. The van der Waals surface area contributed by atoms with E-state index in [-0.39, 0.29) is 5.52 Å². The molecular weight excluding hydrogens is 378 g/mol. The number of nitrogens with two attached hydrogens (primary N) is 1. The lowest BCUT2D eigenvalue weighted by Crippen LogP contribution is -2.47. The van der Waals surface area contributed by atoms with Crippen molar-refractivity contribution in [1.82, 2.24) is 14.6 Å². The van der Waals surface area contributed by atoms with E-state index in [0.29, 0.717) is 22.4 Å². The molecule has 0 bridgehead atoms. The molecule has 0 aliphatic carbocycles. The van der Waals surface area contributed by atoms with Crippen LogP contribution in [0.15, 0.2) is 53.6 Å². The van der Waals surface area contributed by atoms with E-state index < -0.39 is 34.1 Å². The molecule has 0 unspecified atom stereocenters. The van der Waals surface area contributed by atoms with E-state index in [0.717, 1.165) is 4.52 Å². The van der Waals surface area contributed by atoms with Crippen molar-refractivity contribution in [2.24, 2.45) is 5.73 Å². The largest absolute Gasteiger partial charge is 0.503 e. The van der Waals surface area contributed by atoms with Crippen LogP contribution in [0.3, 0.4) is 0 Å². The number of aromatic nitrogens is 3. The van der Waals surface area contributed by atoms with Gasteiger partial charge in [0.1, 0.15) is 19.2 Å². The second-order valence-corrected chi connectivity index (χ2v) is 6.45. The van der Waals surface area contributed by atoms with Crippen molar-refractivity contribution in [2.75, 3.05) is 0 Å². The number of aliphatic hydroxyl groups is 2. The van der Waals surface area contributed by atoms with E-state index in [1.807, 2.05) is 0 Å². The number of nitrogens with one attached hydrogen (secondary N) is 1. The van der Waals surface area contributed by atoms with Gasteiger partial charge in [0, 0.05) is 29.1 Å². The summed E-state index contributed by atoms with van der Waals surface area (Å²) in [7, 11) is 5.99. The van der Waals surface area contributed by atoms with E-state index in [1.54, 1.807) is 12.1 Å². The molecule has 2 radical (unpaired) electrons. The van der Waals surface area contributed by atoms with Crippen LogP contribution >= 0.6 is 0 Å². The van der Waals surface area contributed by atoms with Crippen LogP contribution in [0, 0.1) is 5.82 Å². The fraction of sp³-hybridized carbons (Fsp3) is 0.0526. The number of hydrogen-bond acceptors (Lipinski definition) is 6. The molecule has 0 aliphatic heterocycles. The van der Waals surface area contributed by atoms with Crippen molar-refractivity contribution in [3.05, 3.63) is 70.4 Å². The normalized spacial score (nSPS) is 11.9. The summed E-state index contributed by atoms with van der Waals surface area (Å²) in [5, 5.41) is 33.0. The molecule has 0 saturated carbocycles. The third-order valence-electron chi connectivity index (χ3n) is 4.57. The standard InChI is InChI=1S/C19H14BFN4O4/c20-18-13(19(22,28)29)16(26)17(27)15-12(9-5-7-23-8-6-9)14(24-25(15)18)10-1-3-11(21)4-2-10/h1-8,24,27-29H,22H2. The number of pyridine rings is 2. The monoisotopic (exact) mass is 392 g/mol. The highest BCUT2D eigenvalue weighted by Gasteiger charge is 2.31. The summed E-state index contributed by atoms with van der Waals surface area (Å²) in [5.74, 6) is -4.30. The highest BCUT2D eigenvalue weighted by atomic mass is 19.1. The van der Waals surface area contributed by atoms with Crippen LogP contribution in [0.2, 0.25) is 0 Å². The molecule has 0 spiro atoms. The maximum absolute atomic E-state index is 13.4. The van der Waals surface area contributed by atoms with Gasteiger partial charge in [-0.1, -0.05) is 0 Å². The lowest BCUT2D eigenvalue weighted by atomic mass is 9.93. The van der Waals surface area contributed by atoms with Crippen molar-refractivity contribution in [3.63, 3.8) is 0 Å². The van der Waals surface area contributed by atoms with Gasteiger partial charge in [0.15, 0.2) is 5.75 Å². The Hall–Kier alpha value is -3.47. The predicted molar refractivity (Wildman–Crippen MR) is 104 cm³/mol. The third kappa shape index (κ3) is 2.99. The number of hydrogen-bond donors (Lipinski definition) is 5. The maximum atomic E-state index is 13.4. The molecule has 4 aromatic rings. The maximum Gasteiger partial charge on any atom is 0.253 e. The molecule has 0 aliphatic rings. The first-order chi connectivity index (χ1) is 13.7. The molecule has 4 rings (SSSR count). The summed E-state index contributed by atoms with van der Waals surface area (Å²) in [6, 6.07) is 8.81. The van der Waals surface area contributed by atoms with Gasteiger partial charge in [0.05, 0.1) is 11.3 Å². The molecule has 3 aromatic heterocycles. The first-order valence-electron chi connectivity index (χ1n) is 8.39. The van der Waals surface area contributed by atoms with Crippen molar-refractivity contribution in [2.45, 2.75) is 5.91 Å². The number of fused-ring (bicyclic) bond motifs is 1. The minimum atomic E-state index is -3.07. The van der Waals surface area contributed by atoms with E-state index in [9.17, 15) is 24.5 Å². The topological polar surface area (TPSA) is 137 Å². The van der Waals surface area contributed by atoms with Crippen molar-refractivity contribution >= 4 is 19.0 Å². The zero-order valence-corrected chi connectivity index (χ0v) is 14.8. The van der Waals surface area contributed by atoms with Crippen LogP contribution in [0.1, 0.15) is 5.56 Å². The number of aromatic hydroxyl groups is 1. The van der Waals surface area contributed by atoms with E-state index in [1.165, 1.54) is 36.7 Å². The average molecular weight is 392 g/mol. The van der Waals surface area contributed by atoms with Gasteiger partial charge >= 0.3 is 0 Å². The van der Waals surface area contributed by atoms with Crippen LogP contribution in [-0.2, 0) is 5.91 Å². The van der Waals surface area contributed by atoms with Crippen molar-refractivity contribution < 1.29 is 19.7 Å². The Morgan fingerprint density at radius 1 is 1.10 bits per heavy atom. The van der Waals surface area contributed by atoms with Gasteiger partial charge in [-0.05, 0) is 42.0 Å². The second-order valence-electron chi connectivity index (χ2n) is 6.45. The molecular formula is C19H14BFN4O4. The molecule has 3 heterocycles. The smallest absolute Gasteiger partial charge is 0.253 e. The summed E-state index contributed by atoms with van der Waals surface area (Å²) in [6.45, 7) is 0. The Bertz CT molecular complexity index is 1280. The number of H-pyrrole nitrogens is 1. The second kappa shape index (κ2) is 6.55. The number of aromatic amines is 1. The molecule has 1 aromatic carbocycles. The Kier molecular flexibility index (Phi) is 4.27. The van der Waals surface area contributed by atoms with Crippen molar-refractivity contribution in [1.29, 1.82) is 0 Å². The molecule has 6 N–H and O–H groups in total. The van der Waals surface area contributed by atoms with Crippen LogP contribution < -0.4 is 16.8 Å². The first-order valence-corrected chi connectivity index (χ1v) is 8.39. The van der Waals surface area contributed by atoms with Crippen molar-refractivity contribution in [3.8, 4) is 28.1 Å². The van der Waals surface area contributed by atoms with Gasteiger partial charge in [0.2, 0.25) is 5.43 Å². The SMILES string of the molecule is [B]c1c(C(N)(O)O)c(=O)c(O)c2c(-c3ccncc3)c(-c3ccc(F)cc3)[nH]n12. The van der Waals surface area contributed by atoms with Gasteiger partial charge in [-0.2, -0.15) is 0 Å². The van der Waals surface area contributed by atoms with E-state index in [4.69, 9.17) is 13.6 Å². The minimum absolute atomic E-state index is 0.00831. The fourth-order valence-electron chi connectivity index (χ4n) is 3.29. The summed E-state index contributed by atoms with van der Waals surface area (Å²) in [6.07, 6.45) is 3.04. The van der Waals surface area contributed by atoms with Gasteiger partial charge in [-0.15, -0.1) is 0 Å². The Morgan fingerprint density at radius 3 is 2.31 bits per heavy atom. The van der Waals surface area contributed by atoms with Crippen LogP contribution in [0.5, 0.6) is 5.75 Å². The third-order valence-corrected chi connectivity index (χ3v) is 4.57. The lowest BCUT2D eigenvalue weighted by molar-refractivity contribution is -0.164. The minimum Gasteiger partial charge on any atom is -0.503 e. The van der Waals surface area contributed by atoms with Gasteiger partial charge < -0.3 is 15.3 Å². The molecule has 29 heavy (non-hydrogen) atoms. The van der Waals surface area contributed by atoms with Gasteiger partial charge in [-0.3, -0.25) is 25.1 Å². The molecule has 0 fully saturated rings. The number of benzene rings is 1. The van der Waals surface area contributed by atoms with Crippen LogP contribution in [0.4, 0.5) is 4.39 Å². The Morgan fingerprint density at radius 2 is 1.72 bits per heavy atom. The van der Waals surface area contributed by atoms with E-state index in [2.05, 4.69) is 10.1 Å². The molecule has 144 valence electrons. The number of halogens is 1. The molecule has 0 amide bonds. The summed E-state index contributed by atoms with van der Waals surface area (Å²) >= 11 is 0. The number of nitrogens with zero attached hydrogens (tertiary/aromatic N) is 2. The molecule has 10 heteroatoms. The van der Waals surface area contributed by atoms with Gasteiger partial charge in [0.25, 0.3) is 5.91 Å². The van der Waals surface area contributed by atoms with Crippen LogP contribution in [0.25, 0.3) is 27.9 Å². The molecule has 0 saturated heterocycles. The highest BCUT2D eigenvalue weighted by molar-refractivity contribution is 6.32. The average Bonchev–Trinajstić information content (AvgIpc) is 3.07. The summed E-state index contributed by atoms with van der Waals surface area (Å²) in [4.78, 5) is 16.6. The molecule has 8 nitrogen and oxygen atoms in total. The fourth-order valence-corrected chi connectivity index (χ4v) is 3.29. The first kappa shape index (κ1) is 18.9. The lowest BCUT2D eigenvalue weighted by Gasteiger charge is -2.19. The number of rotatable bonds is 3. The van der Waals surface area contributed by atoms with Crippen LogP contribution in [-0.4, -0.2) is 37.8 Å². The quantitative estimate of drug-likeness (QED) is 0.247. The predicted octanol–water partition coefficient (Wildman–Crippen LogP) is 0.0487.